The van der Waals surface area contributed by atoms with Crippen molar-refractivity contribution in [3.8, 4) is 0 Å². The molecule has 1 saturated heterocycles. The highest BCUT2D eigenvalue weighted by Gasteiger charge is 2.37. The Bertz CT molecular complexity index is 1100. The highest BCUT2D eigenvalue weighted by atomic mass is 16.6. The highest BCUT2D eigenvalue weighted by molar-refractivity contribution is 6.03. The number of benzene rings is 1. The van der Waals surface area contributed by atoms with Gasteiger partial charge in [-0.1, -0.05) is 6.07 Å². The maximum atomic E-state index is 12.5. The van der Waals surface area contributed by atoms with E-state index < -0.39 is 16.7 Å². The fraction of sp³-hybridized carbons (Fsp3) is 0.211. The second-order valence-electron chi connectivity index (χ2n) is 6.62. The molecule has 9 heteroatoms. The highest BCUT2D eigenvalue weighted by Crippen LogP contribution is 2.26. The molecular formula is C19H16N4O5. The van der Waals surface area contributed by atoms with Crippen molar-refractivity contribution < 1.29 is 18.9 Å². The molecule has 0 atom stereocenters. The zero-order chi connectivity index (χ0) is 19.8. The lowest BCUT2D eigenvalue weighted by atomic mass is 9.98. The third-order valence-corrected chi connectivity index (χ3v) is 4.65. The summed E-state index contributed by atoms with van der Waals surface area (Å²) in [5.74, 6) is -1.62. The summed E-state index contributed by atoms with van der Waals surface area (Å²) in [7, 11) is 0. The van der Waals surface area contributed by atoms with Crippen LogP contribution in [0.4, 0.5) is 11.6 Å². The first-order valence-corrected chi connectivity index (χ1v) is 8.63. The van der Waals surface area contributed by atoms with E-state index in [-0.39, 0.29) is 30.7 Å². The second kappa shape index (κ2) is 6.76. The first-order valence-electron chi connectivity index (χ1n) is 8.63. The number of carbonyl (C=O) groups excluding carboxylic acids is 2. The molecule has 2 amide bonds. The minimum absolute atomic E-state index is 0.110. The molecule has 9 nitrogen and oxygen atoms in total. The molecule has 1 aliphatic heterocycles. The Morgan fingerprint density at radius 3 is 2.71 bits per heavy atom. The van der Waals surface area contributed by atoms with Gasteiger partial charge in [0.25, 0.3) is 5.91 Å². The zero-order valence-corrected chi connectivity index (χ0v) is 14.9. The monoisotopic (exact) mass is 380 g/mol. The SMILES string of the molecule is Cc1ccc2c(NC(=O)C3CN(C(=O)c4ccc([N+](=O)[O-])o4)C3)cccc2n1. The molecule has 0 spiro atoms. The standard InChI is InChI=1S/C19H16N4O5/c1-11-5-6-13-14(20-11)3-2-4-15(13)21-18(24)12-9-22(10-12)19(25)16-7-8-17(28-16)23(26)27/h2-8,12H,9-10H2,1H3,(H,21,24). The zero-order valence-electron chi connectivity index (χ0n) is 14.9. The molecule has 28 heavy (non-hydrogen) atoms. The van der Waals surface area contributed by atoms with Gasteiger partial charge in [-0.05, 0) is 37.3 Å². The number of rotatable bonds is 4. The summed E-state index contributed by atoms with van der Waals surface area (Å²) in [6, 6.07) is 11.7. The summed E-state index contributed by atoms with van der Waals surface area (Å²) >= 11 is 0. The van der Waals surface area contributed by atoms with Gasteiger partial charge in [0.15, 0.2) is 5.76 Å². The summed E-state index contributed by atoms with van der Waals surface area (Å²) < 4.78 is 4.92. The van der Waals surface area contributed by atoms with Crippen LogP contribution in [0, 0.1) is 23.0 Å². The third-order valence-electron chi connectivity index (χ3n) is 4.65. The van der Waals surface area contributed by atoms with E-state index in [2.05, 4.69) is 10.3 Å². The van der Waals surface area contributed by atoms with Crippen LogP contribution in [0.2, 0.25) is 0 Å². The summed E-state index contributed by atoms with van der Waals surface area (Å²) in [5.41, 5.74) is 2.35. The van der Waals surface area contributed by atoms with Gasteiger partial charge in [0.05, 0.1) is 23.2 Å². The number of fused-ring (bicyclic) bond motifs is 1. The van der Waals surface area contributed by atoms with Crippen molar-refractivity contribution in [3.05, 3.63) is 64.0 Å². The van der Waals surface area contributed by atoms with E-state index in [0.717, 1.165) is 22.7 Å². The third kappa shape index (κ3) is 3.18. The summed E-state index contributed by atoms with van der Waals surface area (Å²) in [5, 5.41) is 14.4. The predicted molar refractivity (Wildman–Crippen MR) is 99.9 cm³/mol. The lowest BCUT2D eigenvalue weighted by Gasteiger charge is -2.37. The van der Waals surface area contributed by atoms with E-state index in [1.165, 1.54) is 11.0 Å². The van der Waals surface area contributed by atoms with Crippen LogP contribution in [0.15, 0.2) is 46.9 Å². The second-order valence-corrected chi connectivity index (χ2v) is 6.62. The Balaban J connectivity index is 1.40. The maximum absolute atomic E-state index is 12.5. The number of furan rings is 1. The van der Waals surface area contributed by atoms with Crippen LogP contribution in [-0.2, 0) is 4.79 Å². The van der Waals surface area contributed by atoms with Crippen molar-refractivity contribution in [2.75, 3.05) is 18.4 Å². The minimum atomic E-state index is -0.705. The predicted octanol–water partition coefficient (Wildman–Crippen LogP) is 2.76. The minimum Gasteiger partial charge on any atom is -0.395 e. The van der Waals surface area contributed by atoms with Crippen molar-refractivity contribution in [1.29, 1.82) is 0 Å². The van der Waals surface area contributed by atoms with E-state index in [0.29, 0.717) is 5.69 Å². The molecule has 1 aliphatic rings. The normalized spacial score (nSPS) is 14.0. The molecular weight excluding hydrogens is 364 g/mol. The Morgan fingerprint density at radius 2 is 2.00 bits per heavy atom. The number of nitro groups is 1. The van der Waals surface area contributed by atoms with E-state index in [4.69, 9.17) is 4.42 Å². The largest absolute Gasteiger partial charge is 0.433 e. The first kappa shape index (κ1) is 17.7. The lowest BCUT2D eigenvalue weighted by Crippen LogP contribution is -2.54. The number of anilines is 1. The topological polar surface area (TPSA) is 119 Å². The number of pyridine rings is 1. The lowest BCUT2D eigenvalue weighted by molar-refractivity contribution is -0.402. The van der Waals surface area contributed by atoms with Gasteiger partial charge in [-0.3, -0.25) is 24.7 Å². The van der Waals surface area contributed by atoms with Gasteiger partial charge in [0, 0.05) is 24.2 Å². The van der Waals surface area contributed by atoms with Gasteiger partial charge >= 0.3 is 5.88 Å². The molecule has 142 valence electrons. The van der Waals surface area contributed by atoms with Crippen molar-refractivity contribution in [2.24, 2.45) is 5.92 Å². The molecule has 2 aromatic heterocycles. The molecule has 0 unspecified atom stereocenters. The van der Waals surface area contributed by atoms with Gasteiger partial charge < -0.3 is 14.6 Å². The van der Waals surface area contributed by atoms with Crippen LogP contribution in [0.5, 0.6) is 0 Å². The number of likely N-dealkylation sites (tertiary alicyclic amines) is 1. The van der Waals surface area contributed by atoms with Crippen LogP contribution >= 0.6 is 0 Å². The number of aromatic nitrogens is 1. The number of nitrogens with zero attached hydrogens (tertiary/aromatic N) is 3. The van der Waals surface area contributed by atoms with Crippen molar-refractivity contribution >= 4 is 34.3 Å². The fourth-order valence-corrected chi connectivity index (χ4v) is 3.11. The summed E-state index contributed by atoms with van der Waals surface area (Å²) in [6.45, 7) is 2.35. The Morgan fingerprint density at radius 1 is 1.21 bits per heavy atom. The molecule has 0 saturated carbocycles. The van der Waals surface area contributed by atoms with E-state index in [1.54, 1.807) is 6.07 Å². The van der Waals surface area contributed by atoms with E-state index in [1.807, 2.05) is 31.2 Å². The number of carbonyl (C=O) groups is 2. The van der Waals surface area contributed by atoms with Crippen LogP contribution < -0.4 is 5.32 Å². The van der Waals surface area contributed by atoms with Crippen LogP contribution in [-0.4, -0.2) is 39.7 Å². The van der Waals surface area contributed by atoms with Gasteiger partial charge in [-0.25, -0.2) is 0 Å². The average Bonchev–Trinajstić information content (AvgIpc) is 3.10. The van der Waals surface area contributed by atoms with E-state index >= 15 is 0 Å². The molecule has 0 aliphatic carbocycles. The number of aryl methyl sites for hydroxylation is 1. The van der Waals surface area contributed by atoms with Gasteiger partial charge in [0.1, 0.15) is 4.92 Å². The number of nitrogens with one attached hydrogen (secondary N) is 1. The first-order chi connectivity index (χ1) is 13.4. The van der Waals surface area contributed by atoms with Gasteiger partial charge in [0.2, 0.25) is 5.91 Å². The van der Waals surface area contributed by atoms with Gasteiger partial charge in [-0.2, -0.15) is 0 Å². The van der Waals surface area contributed by atoms with Crippen LogP contribution in [0.25, 0.3) is 10.9 Å². The number of amides is 2. The number of hydrogen-bond acceptors (Lipinski definition) is 6. The van der Waals surface area contributed by atoms with Crippen LogP contribution in [0.3, 0.4) is 0 Å². The molecule has 1 aromatic carbocycles. The molecule has 4 rings (SSSR count). The fourth-order valence-electron chi connectivity index (χ4n) is 3.11. The Hall–Kier alpha value is -3.75. The summed E-state index contributed by atoms with van der Waals surface area (Å²) in [4.78, 5) is 40.6. The van der Waals surface area contributed by atoms with E-state index in [9.17, 15) is 19.7 Å². The molecule has 0 radical (unpaired) electrons. The molecule has 0 bridgehead atoms. The quantitative estimate of drug-likeness (QED) is 0.549. The molecule has 3 aromatic rings. The Labute approximate surface area is 159 Å². The van der Waals surface area contributed by atoms with Crippen molar-refractivity contribution in [3.63, 3.8) is 0 Å². The average molecular weight is 380 g/mol. The summed E-state index contributed by atoms with van der Waals surface area (Å²) in [6.07, 6.45) is 0. The number of hydrogen-bond donors (Lipinski definition) is 1. The molecule has 1 fully saturated rings. The maximum Gasteiger partial charge on any atom is 0.433 e. The molecule has 1 N–H and O–H groups in total. The van der Waals surface area contributed by atoms with Crippen molar-refractivity contribution in [2.45, 2.75) is 6.92 Å². The van der Waals surface area contributed by atoms with Crippen molar-refractivity contribution in [1.82, 2.24) is 9.88 Å². The molecule has 3 heterocycles. The van der Waals surface area contributed by atoms with Crippen LogP contribution in [0.1, 0.15) is 16.2 Å². The Kier molecular flexibility index (Phi) is 4.26. The smallest absolute Gasteiger partial charge is 0.395 e. The van der Waals surface area contributed by atoms with Gasteiger partial charge in [-0.15, -0.1) is 0 Å².